The summed E-state index contributed by atoms with van der Waals surface area (Å²) in [5.41, 5.74) is 0.784. The van der Waals surface area contributed by atoms with Gasteiger partial charge in [-0.15, -0.1) is 0 Å². The van der Waals surface area contributed by atoms with Crippen molar-refractivity contribution >= 4 is 41.0 Å². The van der Waals surface area contributed by atoms with Crippen molar-refractivity contribution in [1.29, 1.82) is 0 Å². The van der Waals surface area contributed by atoms with E-state index >= 15 is 0 Å². The summed E-state index contributed by atoms with van der Waals surface area (Å²) in [5, 5.41) is 3.51. The van der Waals surface area contributed by atoms with Gasteiger partial charge in [-0.3, -0.25) is 14.5 Å². The highest BCUT2D eigenvalue weighted by Crippen LogP contribution is 2.35. The SMILES string of the molecule is O=C(CN1C(=O)C2CCCCC2N(Cc2ccc(F)cc2F)C1=O)NCc1ccc(Cl)cc1Cl. The van der Waals surface area contributed by atoms with Crippen LogP contribution in [0.3, 0.4) is 0 Å². The highest BCUT2D eigenvalue weighted by Gasteiger charge is 2.47. The van der Waals surface area contributed by atoms with Gasteiger partial charge in [0, 0.05) is 34.3 Å². The summed E-state index contributed by atoms with van der Waals surface area (Å²) in [6.07, 6.45) is 2.86. The van der Waals surface area contributed by atoms with Crippen molar-refractivity contribution < 1.29 is 23.2 Å². The molecule has 2 atom stereocenters. The number of hydrogen-bond acceptors (Lipinski definition) is 3. The number of benzene rings is 2. The Morgan fingerprint density at radius 1 is 1.03 bits per heavy atom. The summed E-state index contributed by atoms with van der Waals surface area (Å²) < 4.78 is 27.7. The number of urea groups is 1. The third-order valence-electron chi connectivity index (χ3n) is 6.34. The van der Waals surface area contributed by atoms with Crippen molar-refractivity contribution in [3.63, 3.8) is 0 Å². The second-order valence-electron chi connectivity index (χ2n) is 8.54. The Bertz CT molecular complexity index is 1130. The Labute approximate surface area is 205 Å². The smallest absolute Gasteiger partial charge is 0.327 e. The number of nitrogens with one attached hydrogen (secondary N) is 1. The van der Waals surface area contributed by atoms with E-state index < -0.39 is 41.9 Å². The molecule has 180 valence electrons. The zero-order chi connectivity index (χ0) is 24.4. The molecule has 34 heavy (non-hydrogen) atoms. The minimum Gasteiger partial charge on any atom is -0.350 e. The van der Waals surface area contributed by atoms with Crippen LogP contribution in [0.15, 0.2) is 36.4 Å². The molecule has 1 N–H and O–H groups in total. The van der Waals surface area contributed by atoms with Gasteiger partial charge in [-0.2, -0.15) is 0 Å². The molecule has 0 aromatic heterocycles. The van der Waals surface area contributed by atoms with Crippen molar-refractivity contribution in [2.24, 2.45) is 5.92 Å². The van der Waals surface area contributed by atoms with Crippen LogP contribution >= 0.6 is 23.2 Å². The number of hydrogen-bond donors (Lipinski definition) is 1. The lowest BCUT2D eigenvalue weighted by Crippen LogP contribution is -2.63. The van der Waals surface area contributed by atoms with Gasteiger partial charge in [0.15, 0.2) is 0 Å². The Morgan fingerprint density at radius 3 is 2.50 bits per heavy atom. The molecule has 2 aromatic rings. The third kappa shape index (κ3) is 5.18. The van der Waals surface area contributed by atoms with Crippen molar-refractivity contribution in [1.82, 2.24) is 15.1 Å². The molecule has 1 aliphatic carbocycles. The topological polar surface area (TPSA) is 69.7 Å². The summed E-state index contributed by atoms with van der Waals surface area (Å²) in [6, 6.07) is 7.01. The predicted octanol–water partition coefficient (Wildman–Crippen LogP) is 4.91. The normalized spacial score (nSPS) is 20.4. The zero-order valence-electron chi connectivity index (χ0n) is 18.2. The first-order chi connectivity index (χ1) is 16.2. The molecule has 1 saturated carbocycles. The molecule has 0 spiro atoms. The first-order valence-electron chi connectivity index (χ1n) is 11.0. The van der Waals surface area contributed by atoms with Gasteiger partial charge in [-0.25, -0.2) is 13.6 Å². The fourth-order valence-corrected chi connectivity index (χ4v) is 5.06. The number of rotatable bonds is 6. The highest BCUT2D eigenvalue weighted by molar-refractivity contribution is 6.35. The number of nitrogens with zero attached hydrogens (tertiary/aromatic N) is 2. The van der Waals surface area contributed by atoms with E-state index in [0.717, 1.165) is 29.9 Å². The summed E-state index contributed by atoms with van der Waals surface area (Å²) in [6.45, 7) is -0.478. The van der Waals surface area contributed by atoms with Gasteiger partial charge in [0.1, 0.15) is 18.2 Å². The van der Waals surface area contributed by atoms with Gasteiger partial charge in [-0.05, 0) is 36.6 Å². The quantitative estimate of drug-likeness (QED) is 0.601. The summed E-state index contributed by atoms with van der Waals surface area (Å²) >= 11 is 12.0. The summed E-state index contributed by atoms with van der Waals surface area (Å²) in [5.74, 6) is -2.87. The number of carbonyl (C=O) groups excluding carboxylic acids is 3. The molecule has 10 heteroatoms. The Hall–Kier alpha value is -2.71. The fraction of sp³-hybridized carbons (Fsp3) is 0.375. The number of fused-ring (bicyclic) bond motifs is 1. The van der Waals surface area contributed by atoms with Crippen LogP contribution in [0.1, 0.15) is 36.8 Å². The van der Waals surface area contributed by atoms with Crippen LogP contribution in [0, 0.1) is 17.6 Å². The molecule has 0 radical (unpaired) electrons. The molecule has 1 aliphatic heterocycles. The molecule has 1 saturated heterocycles. The molecule has 6 nitrogen and oxygen atoms in total. The zero-order valence-corrected chi connectivity index (χ0v) is 19.7. The van der Waals surface area contributed by atoms with Gasteiger partial charge >= 0.3 is 6.03 Å². The number of carbonyl (C=O) groups is 3. The third-order valence-corrected chi connectivity index (χ3v) is 6.93. The van der Waals surface area contributed by atoms with Crippen LogP contribution in [-0.2, 0) is 22.7 Å². The van der Waals surface area contributed by atoms with Crippen molar-refractivity contribution in [3.05, 3.63) is 69.2 Å². The van der Waals surface area contributed by atoms with Crippen LogP contribution in [0.4, 0.5) is 13.6 Å². The standard InChI is InChI=1S/C24H23Cl2F2N3O3/c25-16-7-5-14(19(26)9-16)11-29-22(32)13-31-23(33)18-3-1-2-4-21(18)30(24(31)34)12-15-6-8-17(27)10-20(15)28/h5-10,18,21H,1-4,11-13H2,(H,29,32). The number of amides is 4. The lowest BCUT2D eigenvalue weighted by Gasteiger charge is -2.46. The van der Waals surface area contributed by atoms with E-state index in [4.69, 9.17) is 23.2 Å². The van der Waals surface area contributed by atoms with Gasteiger partial charge < -0.3 is 10.2 Å². The first kappa shape index (κ1) is 24.4. The molecule has 2 fully saturated rings. The fourth-order valence-electron chi connectivity index (χ4n) is 4.59. The Morgan fingerprint density at radius 2 is 1.76 bits per heavy atom. The second-order valence-corrected chi connectivity index (χ2v) is 9.38. The maximum atomic E-state index is 14.3. The maximum Gasteiger partial charge on any atom is 0.327 e. The van der Waals surface area contributed by atoms with Crippen molar-refractivity contribution in [2.45, 2.75) is 44.8 Å². The van der Waals surface area contributed by atoms with Gasteiger partial charge in [0.25, 0.3) is 0 Å². The first-order valence-corrected chi connectivity index (χ1v) is 11.8. The van der Waals surface area contributed by atoms with Crippen LogP contribution in [0.2, 0.25) is 10.0 Å². The summed E-state index contributed by atoms with van der Waals surface area (Å²) in [4.78, 5) is 41.4. The largest absolute Gasteiger partial charge is 0.350 e. The molecule has 1 heterocycles. The molecule has 0 bridgehead atoms. The van der Waals surface area contributed by atoms with Crippen LogP contribution in [0.5, 0.6) is 0 Å². The van der Waals surface area contributed by atoms with Crippen molar-refractivity contribution in [2.75, 3.05) is 6.54 Å². The van der Waals surface area contributed by atoms with Crippen LogP contribution in [-0.4, -0.2) is 40.2 Å². The van der Waals surface area contributed by atoms with E-state index in [1.54, 1.807) is 18.2 Å². The van der Waals surface area contributed by atoms with E-state index in [9.17, 15) is 23.2 Å². The maximum absolute atomic E-state index is 14.3. The number of halogens is 4. The lowest BCUT2D eigenvalue weighted by molar-refractivity contribution is -0.143. The Balaban J connectivity index is 1.50. The van der Waals surface area contributed by atoms with E-state index in [1.165, 1.54) is 11.0 Å². The van der Waals surface area contributed by atoms with Gasteiger partial charge in [0.05, 0.1) is 12.5 Å². The molecule has 4 rings (SSSR count). The minimum atomic E-state index is -0.763. The van der Waals surface area contributed by atoms with Crippen LogP contribution < -0.4 is 5.32 Å². The van der Waals surface area contributed by atoms with E-state index in [0.29, 0.717) is 28.5 Å². The van der Waals surface area contributed by atoms with Gasteiger partial charge in [0.2, 0.25) is 11.8 Å². The van der Waals surface area contributed by atoms with E-state index in [1.807, 2.05) is 0 Å². The molecular formula is C24H23Cl2F2N3O3. The van der Waals surface area contributed by atoms with E-state index in [2.05, 4.69) is 5.32 Å². The predicted molar refractivity (Wildman–Crippen MR) is 123 cm³/mol. The number of imide groups is 1. The molecule has 2 unspecified atom stereocenters. The summed E-state index contributed by atoms with van der Waals surface area (Å²) in [7, 11) is 0. The lowest BCUT2D eigenvalue weighted by atomic mass is 9.81. The minimum absolute atomic E-state index is 0.0988. The van der Waals surface area contributed by atoms with Gasteiger partial charge in [-0.1, -0.05) is 48.2 Å². The average Bonchev–Trinajstić information content (AvgIpc) is 2.80. The average molecular weight is 510 g/mol. The highest BCUT2D eigenvalue weighted by atomic mass is 35.5. The molecule has 2 aromatic carbocycles. The second kappa shape index (κ2) is 10.3. The van der Waals surface area contributed by atoms with Crippen molar-refractivity contribution in [3.8, 4) is 0 Å². The van der Waals surface area contributed by atoms with E-state index in [-0.39, 0.29) is 24.7 Å². The molecule has 2 aliphatic rings. The molecular weight excluding hydrogens is 487 g/mol. The Kier molecular flexibility index (Phi) is 7.38. The molecule has 4 amide bonds. The monoisotopic (exact) mass is 509 g/mol. The van der Waals surface area contributed by atoms with Crippen LogP contribution in [0.25, 0.3) is 0 Å².